The van der Waals surface area contributed by atoms with Crippen molar-refractivity contribution in [3.8, 4) is 0 Å². The van der Waals surface area contributed by atoms with Crippen LogP contribution in [0.25, 0.3) is 0 Å². The second-order valence-electron chi connectivity index (χ2n) is 1.94. The van der Waals surface area contributed by atoms with Crippen LogP contribution in [0.2, 0.25) is 0 Å². The first-order valence-corrected chi connectivity index (χ1v) is 3.02. The van der Waals surface area contributed by atoms with Gasteiger partial charge >= 0.3 is 0 Å². The zero-order valence-electron chi connectivity index (χ0n) is 5.26. The largest absolute Gasteiger partial charge is 0.322 e. The quantitative estimate of drug-likeness (QED) is 0.548. The van der Waals surface area contributed by atoms with Crippen LogP contribution in [0.1, 0.15) is 26.2 Å². The number of hydrogen-bond acceptors (Lipinski definition) is 2. The highest BCUT2D eigenvalue weighted by atomic mass is 16.1. The molecule has 0 spiro atoms. The number of rotatable bonds is 4. The zero-order chi connectivity index (χ0) is 6.41. The highest BCUT2D eigenvalue weighted by Crippen LogP contribution is 1.94. The molecule has 8 heavy (non-hydrogen) atoms. The molecule has 0 saturated carbocycles. The van der Waals surface area contributed by atoms with E-state index in [0.717, 1.165) is 25.5 Å². The zero-order valence-corrected chi connectivity index (χ0v) is 5.26. The first-order chi connectivity index (χ1) is 3.81. The van der Waals surface area contributed by atoms with Crippen LogP contribution in [0.15, 0.2) is 0 Å². The molecule has 1 atom stereocenters. The summed E-state index contributed by atoms with van der Waals surface area (Å²) in [6.07, 6.45) is 3.80. The summed E-state index contributed by atoms with van der Waals surface area (Å²) in [5.41, 5.74) is 5.29. The minimum Gasteiger partial charge on any atom is -0.322 e. The van der Waals surface area contributed by atoms with Crippen molar-refractivity contribution in [1.29, 1.82) is 0 Å². The van der Waals surface area contributed by atoms with E-state index < -0.39 is 0 Å². The lowest BCUT2D eigenvalue weighted by molar-refractivity contribution is -0.109. The van der Waals surface area contributed by atoms with Gasteiger partial charge in [-0.25, -0.2) is 0 Å². The monoisotopic (exact) mass is 115 g/mol. The minimum atomic E-state index is -0.227. The summed E-state index contributed by atoms with van der Waals surface area (Å²) >= 11 is 0. The molecule has 0 aliphatic rings. The van der Waals surface area contributed by atoms with Gasteiger partial charge in [0.2, 0.25) is 0 Å². The van der Waals surface area contributed by atoms with E-state index in [1.54, 1.807) is 0 Å². The highest BCUT2D eigenvalue weighted by molar-refractivity contribution is 5.56. The molecule has 0 aromatic heterocycles. The number of carbonyl (C=O) groups is 1. The molecule has 0 aliphatic heterocycles. The summed E-state index contributed by atoms with van der Waals surface area (Å²) in [5, 5.41) is 0. The average molecular weight is 115 g/mol. The molecule has 0 unspecified atom stereocenters. The number of carbonyl (C=O) groups excluding carboxylic acids is 1. The fraction of sp³-hybridized carbons (Fsp3) is 0.833. The second-order valence-corrected chi connectivity index (χ2v) is 1.94. The molecule has 0 aliphatic carbocycles. The van der Waals surface area contributed by atoms with Gasteiger partial charge in [-0.2, -0.15) is 0 Å². The lowest BCUT2D eigenvalue weighted by Gasteiger charge is -1.98. The predicted octanol–water partition coefficient (Wildman–Crippen LogP) is 0.703. The first kappa shape index (κ1) is 7.63. The summed E-state index contributed by atoms with van der Waals surface area (Å²) in [7, 11) is 0. The molecular formula is C6H13NO. The molecule has 0 amide bonds. The Hall–Kier alpha value is -0.370. The summed E-state index contributed by atoms with van der Waals surface area (Å²) in [6, 6.07) is -0.227. The number of aldehydes is 1. The van der Waals surface area contributed by atoms with Crippen molar-refractivity contribution < 1.29 is 4.79 Å². The number of nitrogens with two attached hydrogens (primary N) is 1. The van der Waals surface area contributed by atoms with Gasteiger partial charge in [0.05, 0.1) is 6.04 Å². The molecule has 0 heterocycles. The van der Waals surface area contributed by atoms with Crippen molar-refractivity contribution in [3.05, 3.63) is 0 Å². The summed E-state index contributed by atoms with van der Waals surface area (Å²) < 4.78 is 0. The van der Waals surface area contributed by atoms with E-state index in [-0.39, 0.29) is 6.04 Å². The van der Waals surface area contributed by atoms with Crippen LogP contribution in [0.5, 0.6) is 0 Å². The first-order valence-electron chi connectivity index (χ1n) is 3.02. The third kappa shape index (κ3) is 3.81. The Labute approximate surface area is 50.1 Å². The van der Waals surface area contributed by atoms with Crippen LogP contribution in [-0.4, -0.2) is 12.3 Å². The molecular weight excluding hydrogens is 102 g/mol. The Morgan fingerprint density at radius 3 is 2.75 bits per heavy atom. The molecule has 48 valence electrons. The maximum atomic E-state index is 9.89. The summed E-state index contributed by atoms with van der Waals surface area (Å²) in [5.74, 6) is 0. The maximum absolute atomic E-state index is 9.89. The standard InChI is InChI=1S/C6H13NO/c1-2-3-4-6(7)5-8/h5-6H,2-4,7H2,1H3/t6-/m0/s1. The molecule has 0 bridgehead atoms. The van der Waals surface area contributed by atoms with Crippen molar-refractivity contribution in [2.24, 2.45) is 5.73 Å². The Balaban J connectivity index is 2.98. The van der Waals surface area contributed by atoms with Crippen LogP contribution < -0.4 is 5.73 Å². The summed E-state index contributed by atoms with van der Waals surface area (Å²) in [6.45, 7) is 2.08. The Morgan fingerprint density at radius 1 is 1.75 bits per heavy atom. The molecule has 0 saturated heterocycles. The normalized spacial score (nSPS) is 13.2. The van der Waals surface area contributed by atoms with Gasteiger partial charge < -0.3 is 10.5 Å². The minimum absolute atomic E-state index is 0.227. The predicted molar refractivity (Wildman–Crippen MR) is 33.6 cm³/mol. The molecule has 2 N–H and O–H groups in total. The van der Waals surface area contributed by atoms with Gasteiger partial charge in [-0.3, -0.25) is 0 Å². The van der Waals surface area contributed by atoms with E-state index in [4.69, 9.17) is 5.73 Å². The van der Waals surface area contributed by atoms with Gasteiger partial charge in [0.25, 0.3) is 0 Å². The van der Waals surface area contributed by atoms with Gasteiger partial charge in [0.1, 0.15) is 6.29 Å². The highest BCUT2D eigenvalue weighted by Gasteiger charge is 1.95. The van der Waals surface area contributed by atoms with Crippen molar-refractivity contribution in [1.82, 2.24) is 0 Å². The number of unbranched alkanes of at least 4 members (excludes halogenated alkanes) is 1. The molecule has 0 aromatic carbocycles. The fourth-order valence-corrected chi connectivity index (χ4v) is 0.508. The summed E-state index contributed by atoms with van der Waals surface area (Å²) in [4.78, 5) is 9.89. The topological polar surface area (TPSA) is 43.1 Å². The van der Waals surface area contributed by atoms with E-state index in [1.165, 1.54) is 0 Å². The van der Waals surface area contributed by atoms with Crippen LogP contribution in [-0.2, 0) is 4.79 Å². The smallest absolute Gasteiger partial charge is 0.136 e. The molecule has 0 aromatic rings. The van der Waals surface area contributed by atoms with E-state index in [1.807, 2.05) is 0 Å². The van der Waals surface area contributed by atoms with Crippen molar-refractivity contribution >= 4 is 6.29 Å². The van der Waals surface area contributed by atoms with Crippen LogP contribution in [0.4, 0.5) is 0 Å². The molecule has 0 radical (unpaired) electrons. The maximum Gasteiger partial charge on any atom is 0.136 e. The lowest BCUT2D eigenvalue weighted by Crippen LogP contribution is -2.20. The molecule has 2 nitrogen and oxygen atoms in total. The third-order valence-corrected chi connectivity index (χ3v) is 1.07. The van der Waals surface area contributed by atoms with Gasteiger partial charge in [-0.1, -0.05) is 19.8 Å². The molecule has 0 fully saturated rings. The average Bonchev–Trinajstić information content (AvgIpc) is 1.83. The van der Waals surface area contributed by atoms with Crippen molar-refractivity contribution in [2.75, 3.05) is 0 Å². The van der Waals surface area contributed by atoms with Crippen LogP contribution >= 0.6 is 0 Å². The third-order valence-electron chi connectivity index (χ3n) is 1.07. The van der Waals surface area contributed by atoms with Gasteiger partial charge in [-0.05, 0) is 6.42 Å². The fourth-order valence-electron chi connectivity index (χ4n) is 0.508. The van der Waals surface area contributed by atoms with E-state index in [2.05, 4.69) is 6.92 Å². The Kier molecular flexibility index (Phi) is 4.56. The molecule has 2 heteroatoms. The number of hydrogen-bond donors (Lipinski definition) is 1. The van der Waals surface area contributed by atoms with Crippen LogP contribution in [0.3, 0.4) is 0 Å². The van der Waals surface area contributed by atoms with Gasteiger partial charge in [0.15, 0.2) is 0 Å². The SMILES string of the molecule is CCCC[C@H](N)C=O. The van der Waals surface area contributed by atoms with Crippen molar-refractivity contribution in [2.45, 2.75) is 32.2 Å². The second kappa shape index (κ2) is 4.78. The van der Waals surface area contributed by atoms with Crippen molar-refractivity contribution in [3.63, 3.8) is 0 Å². The van der Waals surface area contributed by atoms with Gasteiger partial charge in [0, 0.05) is 0 Å². The lowest BCUT2D eigenvalue weighted by atomic mass is 10.1. The van der Waals surface area contributed by atoms with Crippen LogP contribution in [0, 0.1) is 0 Å². The Bertz CT molecular complexity index is 63.5. The van der Waals surface area contributed by atoms with E-state index in [0.29, 0.717) is 0 Å². The van der Waals surface area contributed by atoms with E-state index in [9.17, 15) is 4.79 Å². The van der Waals surface area contributed by atoms with E-state index >= 15 is 0 Å². The molecule has 0 rings (SSSR count). The Morgan fingerprint density at radius 2 is 2.38 bits per heavy atom. The van der Waals surface area contributed by atoms with Gasteiger partial charge in [-0.15, -0.1) is 0 Å².